The van der Waals surface area contributed by atoms with Gasteiger partial charge in [0, 0.05) is 30.9 Å². The lowest BCUT2D eigenvalue weighted by Crippen LogP contribution is -2.47. The van der Waals surface area contributed by atoms with Crippen molar-refractivity contribution in [2.75, 3.05) is 43.7 Å². The third-order valence-electron chi connectivity index (χ3n) is 6.85. The predicted molar refractivity (Wildman–Crippen MR) is 117 cm³/mol. The fraction of sp³-hybridized carbons (Fsp3) is 0.417. The van der Waals surface area contributed by atoms with E-state index in [0.29, 0.717) is 38.5 Å². The van der Waals surface area contributed by atoms with E-state index in [1.807, 2.05) is 41.3 Å². The van der Waals surface area contributed by atoms with Crippen LogP contribution in [0, 0.1) is 0 Å². The zero-order chi connectivity index (χ0) is 21.7. The van der Waals surface area contributed by atoms with Gasteiger partial charge in [-0.2, -0.15) is 0 Å². The van der Waals surface area contributed by atoms with Crippen LogP contribution in [0.15, 0.2) is 36.4 Å². The molecule has 2 fully saturated rings. The number of fused-ring (bicyclic) bond motifs is 2. The lowest BCUT2D eigenvalue weighted by molar-refractivity contribution is -0.135. The molecule has 3 aliphatic heterocycles. The van der Waals surface area contributed by atoms with Crippen molar-refractivity contribution in [2.45, 2.75) is 30.7 Å². The number of carbonyl (C=O) groups is 2. The second-order valence-corrected chi connectivity index (χ2v) is 8.81. The SMILES string of the molecule is O=C(C1Cc2cc(NC(=O)C3(c4ccc5c(c4)OCO5)CC3)ccc2N1)N1CCOCC1. The molecular weight excluding hydrogens is 410 g/mol. The minimum Gasteiger partial charge on any atom is -0.454 e. The molecule has 2 N–H and O–H groups in total. The van der Waals surface area contributed by atoms with Crippen LogP contribution in [-0.2, 0) is 26.2 Å². The topological polar surface area (TPSA) is 89.1 Å². The first kappa shape index (κ1) is 19.4. The van der Waals surface area contributed by atoms with Gasteiger partial charge >= 0.3 is 0 Å². The first-order chi connectivity index (χ1) is 15.6. The number of rotatable bonds is 4. The molecule has 32 heavy (non-hydrogen) atoms. The van der Waals surface area contributed by atoms with E-state index in [0.717, 1.165) is 41.1 Å². The molecule has 3 heterocycles. The van der Waals surface area contributed by atoms with Crippen molar-refractivity contribution < 1.29 is 23.8 Å². The molecule has 1 saturated heterocycles. The van der Waals surface area contributed by atoms with Gasteiger partial charge in [0.2, 0.25) is 18.6 Å². The van der Waals surface area contributed by atoms with E-state index in [1.165, 1.54) is 0 Å². The molecule has 6 rings (SSSR count). The summed E-state index contributed by atoms with van der Waals surface area (Å²) < 4.78 is 16.2. The van der Waals surface area contributed by atoms with Crippen LogP contribution in [-0.4, -0.2) is 55.9 Å². The highest BCUT2D eigenvalue weighted by Crippen LogP contribution is 2.51. The third-order valence-corrected chi connectivity index (χ3v) is 6.85. The van der Waals surface area contributed by atoms with E-state index >= 15 is 0 Å². The summed E-state index contributed by atoms with van der Waals surface area (Å²) in [7, 11) is 0. The molecule has 4 aliphatic rings. The van der Waals surface area contributed by atoms with Crippen LogP contribution in [0.5, 0.6) is 11.5 Å². The molecule has 0 aromatic heterocycles. The first-order valence-electron chi connectivity index (χ1n) is 11.1. The summed E-state index contributed by atoms with van der Waals surface area (Å²) in [6, 6.07) is 11.3. The van der Waals surface area contributed by atoms with Crippen LogP contribution >= 0.6 is 0 Å². The van der Waals surface area contributed by atoms with Gasteiger partial charge in [0.25, 0.3) is 0 Å². The summed E-state index contributed by atoms with van der Waals surface area (Å²) in [5, 5.41) is 6.43. The second kappa shape index (κ2) is 7.41. The zero-order valence-electron chi connectivity index (χ0n) is 17.7. The average molecular weight is 435 g/mol. The van der Waals surface area contributed by atoms with Crippen molar-refractivity contribution in [1.82, 2.24) is 4.90 Å². The van der Waals surface area contributed by atoms with Crippen molar-refractivity contribution in [3.63, 3.8) is 0 Å². The predicted octanol–water partition coefficient (Wildman–Crippen LogP) is 2.28. The zero-order valence-corrected chi connectivity index (χ0v) is 17.7. The summed E-state index contributed by atoms with van der Waals surface area (Å²) in [6.45, 7) is 2.67. The summed E-state index contributed by atoms with van der Waals surface area (Å²) in [5.41, 5.74) is 3.18. The van der Waals surface area contributed by atoms with Crippen molar-refractivity contribution in [3.05, 3.63) is 47.5 Å². The first-order valence-corrected chi connectivity index (χ1v) is 11.1. The number of ether oxygens (including phenoxy) is 3. The Bertz CT molecular complexity index is 1090. The number of hydrogen-bond donors (Lipinski definition) is 2. The molecule has 1 unspecified atom stereocenters. The molecule has 2 aromatic carbocycles. The van der Waals surface area contributed by atoms with E-state index in [-0.39, 0.29) is 24.6 Å². The molecule has 1 aliphatic carbocycles. The van der Waals surface area contributed by atoms with Crippen LogP contribution in [0.1, 0.15) is 24.0 Å². The third kappa shape index (κ3) is 3.26. The summed E-state index contributed by atoms with van der Waals surface area (Å²) in [5.74, 6) is 1.51. The van der Waals surface area contributed by atoms with Crippen molar-refractivity contribution in [3.8, 4) is 11.5 Å². The van der Waals surface area contributed by atoms with Gasteiger partial charge in [0.1, 0.15) is 6.04 Å². The molecule has 2 aromatic rings. The number of nitrogens with one attached hydrogen (secondary N) is 2. The highest BCUT2D eigenvalue weighted by molar-refractivity contribution is 6.02. The van der Waals surface area contributed by atoms with E-state index < -0.39 is 5.41 Å². The number of benzene rings is 2. The maximum absolute atomic E-state index is 13.2. The summed E-state index contributed by atoms with van der Waals surface area (Å²) in [6.07, 6.45) is 2.23. The maximum Gasteiger partial charge on any atom is 0.245 e. The lowest BCUT2D eigenvalue weighted by atomic mass is 9.94. The molecule has 0 bridgehead atoms. The number of carbonyl (C=O) groups excluding carboxylic acids is 2. The monoisotopic (exact) mass is 435 g/mol. The van der Waals surface area contributed by atoms with E-state index in [2.05, 4.69) is 10.6 Å². The Morgan fingerprint density at radius 1 is 1.03 bits per heavy atom. The molecule has 0 spiro atoms. The van der Waals surface area contributed by atoms with Gasteiger partial charge in [-0.15, -0.1) is 0 Å². The van der Waals surface area contributed by atoms with Gasteiger partial charge in [-0.05, 0) is 54.3 Å². The smallest absolute Gasteiger partial charge is 0.245 e. The van der Waals surface area contributed by atoms with Gasteiger partial charge < -0.3 is 29.7 Å². The standard InChI is InChI=1S/C24H25N3O5/c28-22(27-7-9-30-10-8-27)19-12-15-11-17(2-3-18(15)26-19)25-23(29)24(5-6-24)16-1-4-20-21(13-16)32-14-31-20/h1-4,11,13,19,26H,5-10,12,14H2,(H,25,29). The molecule has 8 nitrogen and oxygen atoms in total. The Balaban J connectivity index is 1.15. The van der Waals surface area contributed by atoms with Crippen molar-refractivity contribution in [2.24, 2.45) is 0 Å². The Labute approximate surface area is 185 Å². The Hall–Kier alpha value is -3.26. The van der Waals surface area contributed by atoms with Crippen LogP contribution in [0.2, 0.25) is 0 Å². The van der Waals surface area contributed by atoms with Gasteiger partial charge in [-0.25, -0.2) is 0 Å². The molecule has 8 heteroatoms. The quantitative estimate of drug-likeness (QED) is 0.766. The summed E-state index contributed by atoms with van der Waals surface area (Å²) in [4.78, 5) is 27.9. The fourth-order valence-corrected chi connectivity index (χ4v) is 4.81. The van der Waals surface area contributed by atoms with Gasteiger partial charge in [-0.3, -0.25) is 9.59 Å². The number of hydrogen-bond acceptors (Lipinski definition) is 6. The highest BCUT2D eigenvalue weighted by Gasteiger charge is 2.51. The van der Waals surface area contributed by atoms with Crippen LogP contribution in [0.4, 0.5) is 11.4 Å². The van der Waals surface area contributed by atoms with Gasteiger partial charge in [0.15, 0.2) is 11.5 Å². The fourth-order valence-electron chi connectivity index (χ4n) is 4.81. The van der Waals surface area contributed by atoms with Crippen molar-refractivity contribution >= 4 is 23.2 Å². The Kier molecular flexibility index (Phi) is 4.50. The maximum atomic E-state index is 13.2. The molecule has 0 radical (unpaired) electrons. The molecule has 1 saturated carbocycles. The molecular formula is C24H25N3O5. The minimum absolute atomic E-state index is 0.0109. The number of nitrogens with zero attached hydrogens (tertiary/aromatic N) is 1. The van der Waals surface area contributed by atoms with Crippen LogP contribution in [0.3, 0.4) is 0 Å². The van der Waals surface area contributed by atoms with Crippen LogP contribution < -0.4 is 20.1 Å². The lowest BCUT2D eigenvalue weighted by Gasteiger charge is -2.29. The van der Waals surface area contributed by atoms with E-state index in [9.17, 15) is 9.59 Å². The largest absolute Gasteiger partial charge is 0.454 e. The van der Waals surface area contributed by atoms with Crippen LogP contribution in [0.25, 0.3) is 0 Å². The minimum atomic E-state index is -0.521. The van der Waals surface area contributed by atoms with Gasteiger partial charge in [-0.1, -0.05) is 6.07 Å². The number of morpholine rings is 1. The normalized spacial score (nSPS) is 22.1. The van der Waals surface area contributed by atoms with Gasteiger partial charge in [0.05, 0.1) is 18.6 Å². The molecule has 1 atom stereocenters. The Morgan fingerprint density at radius 2 is 1.84 bits per heavy atom. The highest BCUT2D eigenvalue weighted by atomic mass is 16.7. The molecule has 2 amide bonds. The Morgan fingerprint density at radius 3 is 2.66 bits per heavy atom. The van der Waals surface area contributed by atoms with E-state index in [1.54, 1.807) is 0 Å². The van der Waals surface area contributed by atoms with Crippen molar-refractivity contribution in [1.29, 1.82) is 0 Å². The number of anilines is 2. The average Bonchev–Trinajstić information content (AvgIpc) is 3.32. The molecule has 166 valence electrons. The van der Waals surface area contributed by atoms with E-state index in [4.69, 9.17) is 14.2 Å². The second-order valence-electron chi connectivity index (χ2n) is 8.81. The summed E-state index contributed by atoms with van der Waals surface area (Å²) >= 11 is 0. The number of amides is 2.